The van der Waals surface area contributed by atoms with Gasteiger partial charge in [-0.1, -0.05) is 18.7 Å². The molecular formula is C19H22O8. The van der Waals surface area contributed by atoms with Crippen LogP contribution >= 0.6 is 0 Å². The van der Waals surface area contributed by atoms with Crippen LogP contribution in [0.2, 0.25) is 0 Å². The maximum atomic E-state index is 12.3. The van der Waals surface area contributed by atoms with E-state index in [1.54, 1.807) is 0 Å². The molecule has 0 saturated carbocycles. The largest absolute Gasteiger partial charge is 0.454 e. The normalized spacial score (nSPS) is 41.9. The van der Waals surface area contributed by atoms with Crippen LogP contribution in [0.25, 0.3) is 0 Å². The summed E-state index contributed by atoms with van der Waals surface area (Å²) in [6.45, 7) is 6.10. The lowest BCUT2D eigenvalue weighted by molar-refractivity contribution is -0.144. The van der Waals surface area contributed by atoms with Crippen LogP contribution in [0.3, 0.4) is 0 Å². The average Bonchev–Trinajstić information content (AvgIpc) is 3.47. The molecule has 0 spiro atoms. The van der Waals surface area contributed by atoms with Gasteiger partial charge in [0.05, 0.1) is 18.8 Å². The fraction of sp³-hybridized carbons (Fsp3) is 0.579. The number of aliphatic hydroxyl groups is 2. The highest BCUT2D eigenvalue weighted by Gasteiger charge is 2.64. The second-order valence-electron chi connectivity index (χ2n) is 7.64. The van der Waals surface area contributed by atoms with Gasteiger partial charge in [-0.3, -0.25) is 0 Å². The van der Waals surface area contributed by atoms with Crippen molar-refractivity contribution < 1.29 is 38.7 Å². The average molecular weight is 378 g/mol. The summed E-state index contributed by atoms with van der Waals surface area (Å²) in [5.74, 6) is -1.30. The lowest BCUT2D eigenvalue weighted by Gasteiger charge is -2.26. The monoisotopic (exact) mass is 378 g/mol. The third kappa shape index (κ3) is 2.84. The first-order valence-corrected chi connectivity index (χ1v) is 8.82. The third-order valence-corrected chi connectivity index (χ3v) is 5.63. The Morgan fingerprint density at radius 3 is 2.78 bits per heavy atom. The number of ether oxygens (including phenoxy) is 4. The molecule has 0 bridgehead atoms. The van der Waals surface area contributed by atoms with Crippen molar-refractivity contribution in [3.63, 3.8) is 0 Å². The first-order valence-electron chi connectivity index (χ1n) is 8.82. The minimum Gasteiger partial charge on any atom is -0.454 e. The number of fused-ring (bicyclic) bond motifs is 4. The summed E-state index contributed by atoms with van der Waals surface area (Å²) in [5, 5.41) is 19.6. The molecule has 2 N–H and O–H groups in total. The highest BCUT2D eigenvalue weighted by molar-refractivity contribution is 5.93. The van der Waals surface area contributed by atoms with E-state index >= 15 is 0 Å². The maximum absolute atomic E-state index is 12.3. The Morgan fingerprint density at radius 2 is 2.15 bits per heavy atom. The van der Waals surface area contributed by atoms with Gasteiger partial charge >= 0.3 is 11.9 Å². The number of epoxide rings is 2. The molecule has 2 saturated heterocycles. The summed E-state index contributed by atoms with van der Waals surface area (Å²) in [4.78, 5) is 24.5. The zero-order valence-electron chi connectivity index (χ0n) is 15.1. The van der Waals surface area contributed by atoms with Gasteiger partial charge < -0.3 is 29.2 Å². The minimum atomic E-state index is -0.932. The second kappa shape index (κ2) is 6.00. The summed E-state index contributed by atoms with van der Waals surface area (Å²) in [6.07, 6.45) is 1.24. The minimum absolute atomic E-state index is 0.0483. The van der Waals surface area contributed by atoms with Crippen LogP contribution in [0.5, 0.6) is 0 Å². The molecule has 2 fully saturated rings. The van der Waals surface area contributed by atoms with Crippen molar-refractivity contribution in [2.75, 3.05) is 13.2 Å². The van der Waals surface area contributed by atoms with Crippen molar-refractivity contribution in [1.29, 1.82) is 0 Å². The first-order chi connectivity index (χ1) is 12.7. The SMILES string of the molecule is C=C(C)C(=O)OC1C[C@@]2(CO)O[C@H]2C=C[C@@]2(C)O[C@@H]2[C@H]2OC(=O)C(CO)=C12. The maximum Gasteiger partial charge on any atom is 0.337 e. The van der Waals surface area contributed by atoms with Crippen molar-refractivity contribution in [1.82, 2.24) is 0 Å². The van der Waals surface area contributed by atoms with Gasteiger partial charge in [0.15, 0.2) is 6.10 Å². The molecule has 3 heterocycles. The van der Waals surface area contributed by atoms with Gasteiger partial charge in [-0.05, 0) is 13.8 Å². The summed E-state index contributed by atoms with van der Waals surface area (Å²) < 4.78 is 22.5. The van der Waals surface area contributed by atoms with Crippen molar-refractivity contribution in [3.8, 4) is 0 Å². The molecule has 3 aliphatic heterocycles. The van der Waals surface area contributed by atoms with Gasteiger partial charge in [0, 0.05) is 17.6 Å². The third-order valence-electron chi connectivity index (χ3n) is 5.63. The number of hydrogen-bond donors (Lipinski definition) is 2. The lowest BCUT2D eigenvalue weighted by atomic mass is 9.85. The molecule has 0 aromatic rings. The fourth-order valence-corrected chi connectivity index (χ4v) is 3.86. The van der Waals surface area contributed by atoms with Gasteiger partial charge in [-0.15, -0.1) is 0 Å². The molecule has 146 valence electrons. The molecule has 0 aromatic carbocycles. The van der Waals surface area contributed by atoms with Gasteiger partial charge in [0.2, 0.25) is 0 Å². The molecule has 1 unspecified atom stereocenters. The van der Waals surface area contributed by atoms with Crippen LogP contribution in [-0.4, -0.2) is 71.0 Å². The number of carbonyl (C=O) groups is 2. The zero-order valence-corrected chi connectivity index (χ0v) is 15.1. The van der Waals surface area contributed by atoms with Gasteiger partial charge in [0.25, 0.3) is 0 Å². The Labute approximate surface area is 156 Å². The predicted molar refractivity (Wildman–Crippen MR) is 90.4 cm³/mol. The van der Waals surface area contributed by atoms with Gasteiger partial charge in [0.1, 0.15) is 29.5 Å². The molecule has 4 rings (SSSR count). The zero-order chi connectivity index (χ0) is 19.6. The van der Waals surface area contributed by atoms with E-state index in [1.165, 1.54) is 6.92 Å². The molecule has 0 radical (unpaired) electrons. The van der Waals surface area contributed by atoms with Crippen molar-refractivity contribution in [2.45, 2.75) is 55.9 Å². The highest BCUT2D eigenvalue weighted by atomic mass is 16.7. The standard InChI is InChI=1S/C19H22O8/c1-9(2)16(22)24-11-6-19(8-21)12(26-19)4-5-18(3)15(27-18)14-13(11)10(7-20)17(23)25-14/h4-5,11-12,14-15,20-21H,1,6-8H2,2-3H3/t11?,12-,14-,15+,18+,19-/m0/s1. The fourth-order valence-electron chi connectivity index (χ4n) is 3.86. The van der Waals surface area contributed by atoms with Crippen LogP contribution < -0.4 is 0 Å². The van der Waals surface area contributed by atoms with Crippen molar-refractivity contribution in [2.24, 2.45) is 0 Å². The van der Waals surface area contributed by atoms with E-state index in [4.69, 9.17) is 18.9 Å². The Bertz CT molecular complexity index is 783. The molecular weight excluding hydrogens is 356 g/mol. The molecule has 27 heavy (non-hydrogen) atoms. The smallest absolute Gasteiger partial charge is 0.337 e. The molecule has 4 aliphatic rings. The number of hydrogen-bond acceptors (Lipinski definition) is 8. The predicted octanol–water partition coefficient (Wildman–Crippen LogP) is -0.0641. The van der Waals surface area contributed by atoms with Crippen LogP contribution in [0.4, 0.5) is 0 Å². The molecule has 0 aromatic heterocycles. The molecule has 8 heteroatoms. The summed E-state index contributed by atoms with van der Waals surface area (Å²) in [5.41, 5.74) is -0.999. The van der Waals surface area contributed by atoms with Crippen LogP contribution in [-0.2, 0) is 28.5 Å². The number of rotatable bonds is 4. The molecule has 1 aliphatic carbocycles. The Morgan fingerprint density at radius 1 is 1.41 bits per heavy atom. The van der Waals surface area contributed by atoms with Crippen LogP contribution in [0.15, 0.2) is 35.5 Å². The quantitative estimate of drug-likeness (QED) is 0.302. The van der Waals surface area contributed by atoms with E-state index in [2.05, 4.69) is 6.58 Å². The van der Waals surface area contributed by atoms with E-state index in [0.29, 0.717) is 5.57 Å². The van der Waals surface area contributed by atoms with Crippen LogP contribution in [0, 0.1) is 0 Å². The molecule has 8 nitrogen and oxygen atoms in total. The Kier molecular flexibility index (Phi) is 4.08. The lowest BCUT2D eigenvalue weighted by Crippen LogP contribution is -2.37. The summed E-state index contributed by atoms with van der Waals surface area (Å²) >= 11 is 0. The van der Waals surface area contributed by atoms with E-state index in [-0.39, 0.29) is 30.3 Å². The van der Waals surface area contributed by atoms with Crippen molar-refractivity contribution >= 4 is 11.9 Å². The topological polar surface area (TPSA) is 118 Å². The van der Waals surface area contributed by atoms with E-state index in [1.807, 2.05) is 19.1 Å². The molecule has 6 atom stereocenters. The number of carbonyl (C=O) groups excluding carboxylic acids is 2. The number of aliphatic hydroxyl groups excluding tert-OH is 2. The first kappa shape index (κ1) is 18.4. The van der Waals surface area contributed by atoms with E-state index in [0.717, 1.165) is 0 Å². The summed E-state index contributed by atoms with van der Waals surface area (Å²) in [6, 6.07) is 0. The van der Waals surface area contributed by atoms with Crippen LogP contribution in [0.1, 0.15) is 20.3 Å². The Balaban J connectivity index is 1.79. The second-order valence-corrected chi connectivity index (χ2v) is 7.64. The highest BCUT2D eigenvalue weighted by Crippen LogP contribution is 2.51. The Hall–Kier alpha value is -2.00. The van der Waals surface area contributed by atoms with Gasteiger partial charge in [-0.25, -0.2) is 9.59 Å². The molecule has 0 amide bonds. The number of esters is 2. The van der Waals surface area contributed by atoms with Crippen molar-refractivity contribution in [3.05, 3.63) is 35.5 Å². The van der Waals surface area contributed by atoms with E-state index in [9.17, 15) is 19.8 Å². The van der Waals surface area contributed by atoms with Gasteiger partial charge in [-0.2, -0.15) is 0 Å². The summed E-state index contributed by atoms with van der Waals surface area (Å²) in [7, 11) is 0. The van der Waals surface area contributed by atoms with E-state index < -0.39 is 48.1 Å².